The molecule has 4 heteroatoms. The summed E-state index contributed by atoms with van der Waals surface area (Å²) in [6.07, 6.45) is 2.54. The number of piperidine rings is 1. The standard InChI is InChI=1S/C27H31NO3/c1-26(2,3)31-25(29)13-16-28-17-14-27(15-18-28)20-30-24-19-22(11-12-23(24)27)10-9-21-7-5-4-6-8-21/h4-8,11-12,19H,13-18,20H2,1-3H3. The van der Waals surface area contributed by atoms with E-state index in [1.54, 1.807) is 0 Å². The molecule has 2 aliphatic heterocycles. The average Bonchev–Trinajstić information content (AvgIpc) is 3.09. The number of fused-ring (bicyclic) bond motifs is 2. The predicted molar refractivity (Wildman–Crippen MR) is 122 cm³/mol. The summed E-state index contributed by atoms with van der Waals surface area (Å²) in [4.78, 5) is 14.4. The van der Waals surface area contributed by atoms with Gasteiger partial charge in [0.2, 0.25) is 0 Å². The van der Waals surface area contributed by atoms with Crippen LogP contribution in [0.3, 0.4) is 0 Å². The minimum Gasteiger partial charge on any atom is -0.492 e. The van der Waals surface area contributed by atoms with Gasteiger partial charge in [-0.05, 0) is 71.0 Å². The van der Waals surface area contributed by atoms with Crippen molar-refractivity contribution in [3.63, 3.8) is 0 Å². The number of hydrogen-bond donors (Lipinski definition) is 0. The first-order chi connectivity index (χ1) is 14.8. The van der Waals surface area contributed by atoms with E-state index in [1.165, 1.54) is 5.56 Å². The smallest absolute Gasteiger partial charge is 0.307 e. The summed E-state index contributed by atoms with van der Waals surface area (Å²) < 4.78 is 11.5. The minimum absolute atomic E-state index is 0.0864. The van der Waals surface area contributed by atoms with Gasteiger partial charge in [0.15, 0.2) is 0 Å². The summed E-state index contributed by atoms with van der Waals surface area (Å²) in [5, 5.41) is 0. The van der Waals surface area contributed by atoms with E-state index in [4.69, 9.17) is 9.47 Å². The Hall–Kier alpha value is -2.77. The maximum Gasteiger partial charge on any atom is 0.307 e. The van der Waals surface area contributed by atoms with Crippen LogP contribution in [0.1, 0.15) is 56.7 Å². The first kappa shape index (κ1) is 21.5. The normalized spacial score (nSPS) is 17.4. The van der Waals surface area contributed by atoms with Crippen LogP contribution in [-0.2, 0) is 14.9 Å². The monoisotopic (exact) mass is 417 g/mol. The fraction of sp³-hybridized carbons (Fsp3) is 0.444. The molecular weight excluding hydrogens is 386 g/mol. The van der Waals surface area contributed by atoms with Crippen LogP contribution in [0.25, 0.3) is 0 Å². The van der Waals surface area contributed by atoms with Crippen molar-refractivity contribution in [2.24, 2.45) is 0 Å². The second-order valence-electron chi connectivity index (χ2n) is 9.57. The lowest BCUT2D eigenvalue weighted by atomic mass is 9.74. The van der Waals surface area contributed by atoms with E-state index in [1.807, 2.05) is 51.1 Å². The zero-order valence-electron chi connectivity index (χ0n) is 18.7. The Morgan fingerprint density at radius 1 is 1.06 bits per heavy atom. The van der Waals surface area contributed by atoms with Gasteiger partial charge in [-0.15, -0.1) is 0 Å². The molecule has 0 amide bonds. The molecule has 0 radical (unpaired) electrons. The molecule has 1 saturated heterocycles. The SMILES string of the molecule is CC(C)(C)OC(=O)CCN1CCC2(CC1)COc1cc(C#Cc3ccccc3)ccc12. The average molecular weight is 418 g/mol. The summed E-state index contributed by atoms with van der Waals surface area (Å²) in [6, 6.07) is 16.4. The summed E-state index contributed by atoms with van der Waals surface area (Å²) >= 11 is 0. The first-order valence-corrected chi connectivity index (χ1v) is 11.1. The van der Waals surface area contributed by atoms with Crippen molar-refractivity contribution < 1.29 is 14.3 Å². The molecule has 4 nitrogen and oxygen atoms in total. The molecule has 0 unspecified atom stereocenters. The van der Waals surface area contributed by atoms with E-state index < -0.39 is 5.60 Å². The molecule has 4 rings (SSSR count). The molecule has 0 atom stereocenters. The lowest BCUT2D eigenvalue weighted by Gasteiger charge is -2.38. The van der Waals surface area contributed by atoms with Gasteiger partial charge in [-0.25, -0.2) is 0 Å². The number of likely N-dealkylation sites (tertiary alicyclic amines) is 1. The van der Waals surface area contributed by atoms with Crippen molar-refractivity contribution in [2.75, 3.05) is 26.2 Å². The summed E-state index contributed by atoms with van der Waals surface area (Å²) in [5.41, 5.74) is 2.97. The van der Waals surface area contributed by atoms with Gasteiger partial charge in [-0.1, -0.05) is 36.1 Å². The van der Waals surface area contributed by atoms with Gasteiger partial charge in [0.05, 0.1) is 13.0 Å². The van der Waals surface area contributed by atoms with Crippen molar-refractivity contribution in [1.82, 2.24) is 4.90 Å². The quantitative estimate of drug-likeness (QED) is 0.543. The van der Waals surface area contributed by atoms with Gasteiger partial charge in [0.1, 0.15) is 11.4 Å². The topological polar surface area (TPSA) is 38.8 Å². The van der Waals surface area contributed by atoms with Gasteiger partial charge in [0.25, 0.3) is 0 Å². The molecule has 0 aromatic heterocycles. The van der Waals surface area contributed by atoms with Gasteiger partial charge in [-0.2, -0.15) is 0 Å². The van der Waals surface area contributed by atoms with E-state index in [0.717, 1.165) is 56.0 Å². The maximum atomic E-state index is 12.0. The van der Waals surface area contributed by atoms with Crippen molar-refractivity contribution in [3.05, 3.63) is 65.2 Å². The third-order valence-corrected chi connectivity index (χ3v) is 6.05. The number of ether oxygens (including phenoxy) is 2. The van der Waals surface area contributed by atoms with Gasteiger partial charge < -0.3 is 14.4 Å². The molecule has 0 saturated carbocycles. The summed E-state index contributed by atoms with van der Waals surface area (Å²) in [5.74, 6) is 7.32. The summed E-state index contributed by atoms with van der Waals surface area (Å²) in [7, 11) is 0. The molecule has 0 aliphatic carbocycles. The molecule has 1 spiro atoms. The van der Waals surface area contributed by atoms with Crippen LogP contribution >= 0.6 is 0 Å². The number of rotatable bonds is 3. The number of esters is 1. The molecule has 2 heterocycles. The Balaban J connectivity index is 1.36. The van der Waals surface area contributed by atoms with E-state index in [9.17, 15) is 4.79 Å². The third-order valence-electron chi connectivity index (χ3n) is 6.05. The van der Waals surface area contributed by atoms with E-state index in [-0.39, 0.29) is 11.4 Å². The van der Waals surface area contributed by atoms with Crippen molar-refractivity contribution in [3.8, 4) is 17.6 Å². The van der Waals surface area contributed by atoms with Crippen molar-refractivity contribution in [1.29, 1.82) is 0 Å². The van der Waals surface area contributed by atoms with Gasteiger partial charge in [-0.3, -0.25) is 4.79 Å². The lowest BCUT2D eigenvalue weighted by Crippen LogP contribution is -2.44. The minimum atomic E-state index is -0.418. The zero-order chi connectivity index (χ0) is 21.9. The third kappa shape index (κ3) is 5.29. The second-order valence-corrected chi connectivity index (χ2v) is 9.57. The van der Waals surface area contributed by atoms with Crippen LogP contribution in [0.5, 0.6) is 5.75 Å². The molecular formula is C27H31NO3. The van der Waals surface area contributed by atoms with E-state index in [0.29, 0.717) is 6.42 Å². The number of benzene rings is 2. The maximum absolute atomic E-state index is 12.0. The molecule has 0 bridgehead atoms. The van der Waals surface area contributed by atoms with Crippen LogP contribution in [-0.4, -0.2) is 42.7 Å². The Labute approximate surface area is 185 Å². The van der Waals surface area contributed by atoms with Gasteiger partial charge >= 0.3 is 5.97 Å². The van der Waals surface area contributed by atoms with Crippen LogP contribution in [0.15, 0.2) is 48.5 Å². The van der Waals surface area contributed by atoms with Crippen LogP contribution in [0.2, 0.25) is 0 Å². The molecule has 162 valence electrons. The highest BCUT2D eigenvalue weighted by Gasteiger charge is 2.43. The highest BCUT2D eigenvalue weighted by Crippen LogP contribution is 2.45. The number of nitrogens with zero attached hydrogens (tertiary/aromatic N) is 1. The van der Waals surface area contributed by atoms with Crippen LogP contribution in [0.4, 0.5) is 0 Å². The fourth-order valence-electron chi connectivity index (χ4n) is 4.38. The van der Waals surface area contributed by atoms with Gasteiger partial charge in [0, 0.05) is 28.7 Å². The first-order valence-electron chi connectivity index (χ1n) is 11.1. The zero-order valence-corrected chi connectivity index (χ0v) is 18.7. The van der Waals surface area contributed by atoms with Crippen molar-refractivity contribution in [2.45, 2.75) is 51.0 Å². The number of hydrogen-bond acceptors (Lipinski definition) is 4. The molecule has 2 aliphatic rings. The van der Waals surface area contributed by atoms with Crippen LogP contribution in [0, 0.1) is 11.8 Å². The molecule has 0 N–H and O–H groups in total. The number of carbonyl (C=O) groups excluding carboxylic acids is 1. The molecule has 31 heavy (non-hydrogen) atoms. The van der Waals surface area contributed by atoms with E-state index in [2.05, 4.69) is 34.9 Å². The highest BCUT2D eigenvalue weighted by molar-refractivity contribution is 5.70. The van der Waals surface area contributed by atoms with Crippen molar-refractivity contribution >= 4 is 5.97 Å². The second kappa shape index (κ2) is 8.77. The number of carbonyl (C=O) groups is 1. The predicted octanol–water partition coefficient (Wildman–Crippen LogP) is 4.54. The molecule has 2 aromatic rings. The summed E-state index contributed by atoms with van der Waals surface area (Å²) in [6.45, 7) is 9.16. The Kier molecular flexibility index (Phi) is 6.07. The largest absolute Gasteiger partial charge is 0.492 e. The highest BCUT2D eigenvalue weighted by atomic mass is 16.6. The Bertz CT molecular complexity index is 987. The lowest BCUT2D eigenvalue weighted by molar-refractivity contribution is -0.155. The molecule has 1 fully saturated rings. The van der Waals surface area contributed by atoms with Crippen LogP contribution < -0.4 is 4.74 Å². The van der Waals surface area contributed by atoms with E-state index >= 15 is 0 Å². The fourth-order valence-corrected chi connectivity index (χ4v) is 4.38. The Morgan fingerprint density at radius 2 is 1.77 bits per heavy atom. The molecule has 2 aromatic carbocycles. The Morgan fingerprint density at radius 3 is 2.48 bits per heavy atom.